The normalized spacial score (nSPS) is 17.5. The maximum Gasteiger partial charge on any atom is 0.261 e. The number of benzene rings is 1. The third kappa shape index (κ3) is 3.59. The molecule has 2 aliphatic heterocycles. The van der Waals surface area contributed by atoms with Crippen LogP contribution < -0.4 is 5.32 Å². The molecule has 1 fully saturated rings. The lowest BCUT2D eigenvalue weighted by molar-refractivity contribution is -0.121. The number of carbonyl (C=O) groups is 4. The van der Waals surface area contributed by atoms with Crippen LogP contribution >= 0.6 is 0 Å². The fourth-order valence-corrected chi connectivity index (χ4v) is 3.60. The Labute approximate surface area is 158 Å². The lowest BCUT2D eigenvalue weighted by Crippen LogP contribution is -2.46. The van der Waals surface area contributed by atoms with E-state index in [0.29, 0.717) is 49.0 Å². The Bertz CT molecular complexity index is 794. The molecule has 1 saturated heterocycles. The number of fused-ring (bicyclic) bond motifs is 1. The Kier molecular flexibility index (Phi) is 5.30. The van der Waals surface area contributed by atoms with Gasteiger partial charge in [0.15, 0.2) is 0 Å². The number of rotatable bonds is 4. The molecule has 2 heterocycles. The molecule has 1 N–H and O–H groups in total. The van der Waals surface area contributed by atoms with Gasteiger partial charge in [-0.05, 0) is 44.9 Å². The molecule has 1 aromatic carbocycles. The highest BCUT2D eigenvalue weighted by Crippen LogP contribution is 2.26. The number of hydrogen-bond acceptors (Lipinski definition) is 4. The topological polar surface area (TPSA) is 86.8 Å². The van der Waals surface area contributed by atoms with Crippen molar-refractivity contribution in [1.29, 1.82) is 0 Å². The van der Waals surface area contributed by atoms with Crippen LogP contribution in [0.1, 0.15) is 71.1 Å². The van der Waals surface area contributed by atoms with E-state index in [1.807, 2.05) is 6.92 Å². The summed E-state index contributed by atoms with van der Waals surface area (Å²) < 4.78 is 0. The van der Waals surface area contributed by atoms with Crippen LogP contribution in [0.15, 0.2) is 18.2 Å². The van der Waals surface area contributed by atoms with Gasteiger partial charge in [0.2, 0.25) is 5.91 Å². The summed E-state index contributed by atoms with van der Waals surface area (Å²) in [7, 11) is 0. The second-order valence-electron chi connectivity index (χ2n) is 7.32. The summed E-state index contributed by atoms with van der Waals surface area (Å²) in [6, 6.07) is 4.58. The molecule has 27 heavy (non-hydrogen) atoms. The van der Waals surface area contributed by atoms with Gasteiger partial charge in [-0.1, -0.05) is 6.92 Å². The average Bonchev–Trinajstić information content (AvgIpc) is 2.91. The minimum atomic E-state index is -0.347. The monoisotopic (exact) mass is 371 g/mol. The molecule has 0 aromatic heterocycles. The predicted molar refractivity (Wildman–Crippen MR) is 99.4 cm³/mol. The minimum absolute atomic E-state index is 0.0243. The van der Waals surface area contributed by atoms with E-state index >= 15 is 0 Å². The molecule has 0 atom stereocenters. The highest BCUT2D eigenvalue weighted by atomic mass is 16.2. The van der Waals surface area contributed by atoms with Crippen LogP contribution in [0, 0.1) is 0 Å². The molecule has 0 spiro atoms. The number of nitrogens with zero attached hydrogens (tertiary/aromatic N) is 2. The van der Waals surface area contributed by atoms with Crippen molar-refractivity contribution in [2.24, 2.45) is 0 Å². The van der Waals surface area contributed by atoms with Gasteiger partial charge in [0.25, 0.3) is 17.7 Å². The Morgan fingerprint density at radius 1 is 1.11 bits per heavy atom. The Balaban J connectivity index is 1.71. The molecule has 2 aliphatic rings. The van der Waals surface area contributed by atoms with Crippen molar-refractivity contribution in [3.05, 3.63) is 34.9 Å². The molecule has 7 nitrogen and oxygen atoms in total. The van der Waals surface area contributed by atoms with Crippen LogP contribution in [0.4, 0.5) is 0 Å². The predicted octanol–water partition coefficient (Wildman–Crippen LogP) is 1.82. The van der Waals surface area contributed by atoms with Crippen molar-refractivity contribution in [2.45, 2.75) is 52.1 Å². The van der Waals surface area contributed by atoms with Gasteiger partial charge in [-0.2, -0.15) is 0 Å². The zero-order valence-corrected chi connectivity index (χ0v) is 15.9. The first-order valence-electron chi connectivity index (χ1n) is 9.44. The van der Waals surface area contributed by atoms with Gasteiger partial charge < -0.3 is 10.2 Å². The molecular formula is C20H25N3O4. The molecule has 0 unspecified atom stereocenters. The van der Waals surface area contributed by atoms with Gasteiger partial charge in [-0.3, -0.25) is 24.1 Å². The van der Waals surface area contributed by atoms with E-state index in [0.717, 1.165) is 0 Å². The molecular weight excluding hydrogens is 346 g/mol. The van der Waals surface area contributed by atoms with E-state index < -0.39 is 0 Å². The molecule has 0 aliphatic carbocycles. The van der Waals surface area contributed by atoms with Gasteiger partial charge in [0.1, 0.15) is 0 Å². The highest BCUT2D eigenvalue weighted by molar-refractivity contribution is 6.22. The van der Waals surface area contributed by atoms with Crippen LogP contribution in [0.25, 0.3) is 0 Å². The van der Waals surface area contributed by atoms with E-state index in [1.54, 1.807) is 30.9 Å². The highest BCUT2D eigenvalue weighted by Gasteiger charge is 2.37. The molecule has 144 valence electrons. The summed E-state index contributed by atoms with van der Waals surface area (Å²) in [5.74, 6) is -0.783. The van der Waals surface area contributed by atoms with Gasteiger partial charge in [0, 0.05) is 37.2 Å². The summed E-state index contributed by atoms with van der Waals surface area (Å²) in [6.45, 7) is 6.49. The van der Waals surface area contributed by atoms with E-state index in [4.69, 9.17) is 0 Å². The first-order valence-corrected chi connectivity index (χ1v) is 9.44. The summed E-state index contributed by atoms with van der Waals surface area (Å²) in [6.07, 6.45) is 1.87. The zero-order chi connectivity index (χ0) is 19.7. The molecule has 0 saturated carbocycles. The van der Waals surface area contributed by atoms with Crippen molar-refractivity contribution in [3.8, 4) is 0 Å². The number of likely N-dealkylation sites (tertiary alicyclic amines) is 1. The molecule has 0 radical (unpaired) electrons. The quantitative estimate of drug-likeness (QED) is 0.818. The van der Waals surface area contributed by atoms with Crippen molar-refractivity contribution < 1.29 is 19.2 Å². The molecule has 7 heteroatoms. The van der Waals surface area contributed by atoms with E-state index in [-0.39, 0.29) is 35.7 Å². The first-order chi connectivity index (χ1) is 12.8. The number of piperidine rings is 1. The Hall–Kier alpha value is -2.70. The van der Waals surface area contributed by atoms with Gasteiger partial charge in [0.05, 0.1) is 11.1 Å². The SMILES string of the molecule is CCC(=O)NC1CCN(C(=O)c2ccc3c(c2)C(=O)N(C(C)C)C3=O)CC1. The smallest absolute Gasteiger partial charge is 0.261 e. The lowest BCUT2D eigenvalue weighted by Gasteiger charge is -2.32. The molecule has 4 amide bonds. The number of nitrogens with one attached hydrogen (secondary N) is 1. The summed E-state index contributed by atoms with van der Waals surface area (Å²) in [4.78, 5) is 52.1. The number of amides is 4. The molecule has 0 bridgehead atoms. The van der Waals surface area contributed by atoms with Gasteiger partial charge >= 0.3 is 0 Å². The maximum absolute atomic E-state index is 12.8. The molecule has 1 aromatic rings. The zero-order valence-electron chi connectivity index (χ0n) is 15.9. The van der Waals surface area contributed by atoms with Crippen LogP contribution in [0.2, 0.25) is 0 Å². The van der Waals surface area contributed by atoms with E-state index in [9.17, 15) is 19.2 Å². The van der Waals surface area contributed by atoms with E-state index in [2.05, 4.69) is 5.32 Å². The van der Waals surface area contributed by atoms with Crippen molar-refractivity contribution >= 4 is 23.6 Å². The summed E-state index contributed by atoms with van der Waals surface area (Å²) >= 11 is 0. The van der Waals surface area contributed by atoms with Crippen molar-refractivity contribution in [2.75, 3.05) is 13.1 Å². The fraction of sp³-hybridized carbons (Fsp3) is 0.500. The summed E-state index contributed by atoms with van der Waals surface area (Å²) in [5, 5.41) is 2.96. The minimum Gasteiger partial charge on any atom is -0.353 e. The van der Waals surface area contributed by atoms with Crippen molar-refractivity contribution in [3.63, 3.8) is 0 Å². The van der Waals surface area contributed by atoms with Gasteiger partial charge in [-0.25, -0.2) is 0 Å². The van der Waals surface area contributed by atoms with E-state index in [1.165, 1.54) is 11.0 Å². The molecule has 3 rings (SSSR count). The standard InChI is InChI=1S/C20H25N3O4/c1-4-17(24)21-14-7-9-22(10-8-14)18(25)13-5-6-15-16(11-13)20(27)23(12(2)3)19(15)26/h5-6,11-12,14H,4,7-10H2,1-3H3,(H,21,24). The second kappa shape index (κ2) is 7.50. The summed E-state index contributed by atoms with van der Waals surface area (Å²) in [5.41, 5.74) is 1.06. The fourth-order valence-electron chi connectivity index (χ4n) is 3.60. The largest absolute Gasteiger partial charge is 0.353 e. The number of hydrogen-bond donors (Lipinski definition) is 1. The maximum atomic E-state index is 12.8. The van der Waals surface area contributed by atoms with Crippen LogP contribution in [0.3, 0.4) is 0 Å². The number of imide groups is 1. The first kappa shape index (κ1) is 19.1. The van der Waals surface area contributed by atoms with Gasteiger partial charge in [-0.15, -0.1) is 0 Å². The Morgan fingerprint density at radius 3 is 2.33 bits per heavy atom. The average molecular weight is 371 g/mol. The second-order valence-corrected chi connectivity index (χ2v) is 7.32. The third-order valence-electron chi connectivity index (χ3n) is 5.15. The number of carbonyl (C=O) groups excluding carboxylic acids is 4. The van der Waals surface area contributed by atoms with Crippen LogP contribution in [-0.2, 0) is 4.79 Å². The van der Waals surface area contributed by atoms with Crippen molar-refractivity contribution in [1.82, 2.24) is 15.1 Å². The Morgan fingerprint density at radius 2 is 1.74 bits per heavy atom. The third-order valence-corrected chi connectivity index (χ3v) is 5.15. The van der Waals surface area contributed by atoms with Crippen LogP contribution in [-0.4, -0.2) is 58.6 Å². The van der Waals surface area contributed by atoms with Crippen LogP contribution in [0.5, 0.6) is 0 Å². The lowest BCUT2D eigenvalue weighted by atomic mass is 10.0.